The van der Waals surface area contributed by atoms with Crippen molar-refractivity contribution in [3.05, 3.63) is 45.8 Å². The van der Waals surface area contributed by atoms with Crippen LogP contribution in [-0.4, -0.2) is 49.2 Å². The lowest BCUT2D eigenvalue weighted by molar-refractivity contribution is -0.0256. The summed E-state index contributed by atoms with van der Waals surface area (Å²) < 4.78 is 18.1. The third-order valence-corrected chi connectivity index (χ3v) is 8.45. The Balaban J connectivity index is 1.52. The summed E-state index contributed by atoms with van der Waals surface area (Å²) in [4.78, 5) is 18.9. The summed E-state index contributed by atoms with van der Waals surface area (Å²) in [6.45, 7) is 7.63. The highest BCUT2D eigenvalue weighted by Crippen LogP contribution is 2.67. The summed E-state index contributed by atoms with van der Waals surface area (Å²) in [5.41, 5.74) is 6.57. The lowest BCUT2D eigenvalue weighted by atomic mass is 9.51. The molecule has 1 aromatic heterocycles. The molecular weight excluding hydrogens is 404 g/mol. The summed E-state index contributed by atoms with van der Waals surface area (Å²) in [5, 5.41) is 0. The van der Waals surface area contributed by atoms with Crippen molar-refractivity contribution in [1.29, 1.82) is 0 Å². The number of piperidine rings is 1. The van der Waals surface area contributed by atoms with E-state index in [0.29, 0.717) is 30.2 Å². The number of nitrogens with zero attached hydrogens (tertiary/aromatic N) is 1. The number of aromatic amines is 1. The minimum atomic E-state index is -0.264. The van der Waals surface area contributed by atoms with Gasteiger partial charge in [-0.3, -0.25) is 0 Å². The zero-order chi connectivity index (χ0) is 22.4. The van der Waals surface area contributed by atoms with Crippen LogP contribution in [-0.2, 0) is 23.0 Å². The van der Waals surface area contributed by atoms with Gasteiger partial charge in [0.1, 0.15) is 11.8 Å². The Morgan fingerprint density at radius 2 is 2.16 bits per heavy atom. The molecule has 1 aromatic carbocycles. The molecule has 32 heavy (non-hydrogen) atoms. The van der Waals surface area contributed by atoms with Gasteiger partial charge in [0, 0.05) is 17.0 Å². The molecule has 2 aliphatic heterocycles. The second-order valence-electron chi connectivity index (χ2n) is 10.5. The van der Waals surface area contributed by atoms with Gasteiger partial charge in [0.25, 0.3) is 0 Å². The zero-order valence-electron chi connectivity index (χ0n) is 19.6. The summed E-state index contributed by atoms with van der Waals surface area (Å²) in [6, 6.07) is 4.76. The van der Waals surface area contributed by atoms with Crippen LogP contribution in [0.3, 0.4) is 0 Å². The minimum absolute atomic E-state index is 0.0714. The predicted molar refractivity (Wildman–Crippen MR) is 121 cm³/mol. The lowest BCUT2D eigenvalue weighted by Gasteiger charge is -2.57. The van der Waals surface area contributed by atoms with Crippen LogP contribution in [0.4, 0.5) is 0 Å². The number of rotatable bonds is 4. The number of esters is 1. The Labute approximate surface area is 189 Å². The third-order valence-electron chi connectivity index (χ3n) is 8.45. The number of fused-ring (bicyclic) bond motifs is 2. The standard InChI is InChI=1S/C26H32N2O4/c1-13(2)12-31-25(29)21-14(3)16-11-17-18-10-15-6-7-19(30-5)23-20(15)26(17,8-9-28(18)4)24(32-23)22(16)27-21/h6-7,13,17-18,24,27H,8-12H2,1-5H3/t17-,18+,24-,26-/m0/s1. The van der Waals surface area contributed by atoms with Crippen LogP contribution >= 0.6 is 0 Å². The molecule has 1 fully saturated rings. The molecule has 0 unspecified atom stereocenters. The van der Waals surface area contributed by atoms with E-state index in [1.54, 1.807) is 7.11 Å². The third kappa shape index (κ3) is 2.42. The van der Waals surface area contributed by atoms with Gasteiger partial charge >= 0.3 is 5.97 Å². The van der Waals surface area contributed by atoms with Gasteiger partial charge in [-0.25, -0.2) is 4.79 Å². The van der Waals surface area contributed by atoms with Crippen LogP contribution in [0.2, 0.25) is 0 Å². The Bertz CT molecular complexity index is 1120. The molecule has 1 N–H and O–H groups in total. The van der Waals surface area contributed by atoms with Gasteiger partial charge in [0.05, 0.1) is 19.4 Å². The van der Waals surface area contributed by atoms with Gasteiger partial charge in [-0.15, -0.1) is 0 Å². The van der Waals surface area contributed by atoms with E-state index in [-0.39, 0.29) is 17.5 Å². The molecule has 4 aliphatic rings. The fourth-order valence-electron chi connectivity index (χ4n) is 6.96. The van der Waals surface area contributed by atoms with Crippen molar-refractivity contribution in [2.45, 2.75) is 57.6 Å². The minimum Gasteiger partial charge on any atom is -0.493 e. The van der Waals surface area contributed by atoms with Crippen LogP contribution in [0.15, 0.2) is 12.1 Å². The smallest absolute Gasteiger partial charge is 0.355 e. The maximum absolute atomic E-state index is 12.9. The number of likely N-dealkylation sites (N-methyl/N-ethyl adjacent to an activating group) is 1. The van der Waals surface area contributed by atoms with E-state index in [9.17, 15) is 4.79 Å². The van der Waals surface area contributed by atoms with Gasteiger partial charge < -0.3 is 24.1 Å². The molecule has 3 heterocycles. The highest BCUT2D eigenvalue weighted by molar-refractivity contribution is 5.90. The van der Waals surface area contributed by atoms with Crippen molar-refractivity contribution in [3.63, 3.8) is 0 Å². The molecule has 6 rings (SSSR count). The van der Waals surface area contributed by atoms with E-state index >= 15 is 0 Å². The number of ether oxygens (including phenoxy) is 3. The molecule has 2 aliphatic carbocycles. The molecule has 6 heteroatoms. The van der Waals surface area contributed by atoms with E-state index in [2.05, 4.69) is 43.8 Å². The Hall–Kier alpha value is -2.47. The van der Waals surface area contributed by atoms with E-state index < -0.39 is 0 Å². The molecule has 170 valence electrons. The zero-order valence-corrected chi connectivity index (χ0v) is 19.6. The van der Waals surface area contributed by atoms with Crippen molar-refractivity contribution in [3.8, 4) is 11.5 Å². The molecule has 1 spiro atoms. The van der Waals surface area contributed by atoms with Gasteiger partial charge in [-0.2, -0.15) is 0 Å². The van der Waals surface area contributed by atoms with Crippen molar-refractivity contribution in [1.82, 2.24) is 9.88 Å². The highest BCUT2D eigenvalue weighted by Gasteiger charge is 2.65. The number of carbonyl (C=O) groups is 1. The van der Waals surface area contributed by atoms with Crippen LogP contribution in [0, 0.1) is 18.8 Å². The van der Waals surface area contributed by atoms with Crippen LogP contribution in [0.1, 0.15) is 64.8 Å². The molecule has 0 amide bonds. The normalized spacial score (nSPS) is 29.4. The number of benzene rings is 1. The first-order valence-corrected chi connectivity index (χ1v) is 11.8. The summed E-state index contributed by atoms with van der Waals surface area (Å²) in [6.07, 6.45) is 2.92. The molecule has 2 bridgehead atoms. The monoisotopic (exact) mass is 436 g/mol. The number of likely N-dealkylation sites (tertiary alicyclic amines) is 1. The number of hydrogen-bond acceptors (Lipinski definition) is 5. The first-order chi connectivity index (χ1) is 15.4. The molecular formula is C26H32N2O4. The average molecular weight is 437 g/mol. The van der Waals surface area contributed by atoms with E-state index in [4.69, 9.17) is 14.2 Å². The predicted octanol–water partition coefficient (Wildman–Crippen LogP) is 3.95. The first-order valence-electron chi connectivity index (χ1n) is 11.8. The molecule has 6 nitrogen and oxygen atoms in total. The maximum Gasteiger partial charge on any atom is 0.355 e. The summed E-state index contributed by atoms with van der Waals surface area (Å²) >= 11 is 0. The lowest BCUT2D eigenvalue weighted by Crippen LogP contribution is -2.62. The van der Waals surface area contributed by atoms with E-state index in [1.807, 2.05) is 6.07 Å². The van der Waals surface area contributed by atoms with Crippen LogP contribution in [0.25, 0.3) is 0 Å². The Kier molecular flexibility index (Phi) is 4.26. The van der Waals surface area contributed by atoms with Crippen molar-refractivity contribution in [2.75, 3.05) is 27.3 Å². The van der Waals surface area contributed by atoms with Crippen molar-refractivity contribution < 1.29 is 19.0 Å². The van der Waals surface area contributed by atoms with Crippen molar-refractivity contribution in [2.24, 2.45) is 11.8 Å². The first kappa shape index (κ1) is 20.2. The molecule has 0 saturated carbocycles. The number of H-pyrrole nitrogens is 1. The Morgan fingerprint density at radius 3 is 2.91 bits per heavy atom. The maximum atomic E-state index is 12.9. The molecule has 2 aromatic rings. The van der Waals surface area contributed by atoms with Crippen LogP contribution < -0.4 is 9.47 Å². The van der Waals surface area contributed by atoms with Crippen LogP contribution in [0.5, 0.6) is 11.5 Å². The topological polar surface area (TPSA) is 63.8 Å². The van der Waals surface area contributed by atoms with E-state index in [1.165, 1.54) is 16.7 Å². The second-order valence-corrected chi connectivity index (χ2v) is 10.5. The van der Waals surface area contributed by atoms with Crippen molar-refractivity contribution >= 4 is 5.97 Å². The highest BCUT2D eigenvalue weighted by atomic mass is 16.5. The SMILES string of the molecule is COc1ccc2c3c1O[C@H]1c4[nH]c(C(=O)OCC(C)C)c(C)c4C[C@H]4[C@@H](C2)N(C)CC[C@]314. The Morgan fingerprint density at radius 1 is 1.34 bits per heavy atom. The summed E-state index contributed by atoms with van der Waals surface area (Å²) in [5.74, 6) is 2.21. The molecule has 4 atom stereocenters. The largest absolute Gasteiger partial charge is 0.493 e. The molecule has 0 radical (unpaired) electrons. The number of hydrogen-bond donors (Lipinski definition) is 1. The number of nitrogens with one attached hydrogen (secondary N) is 1. The summed E-state index contributed by atoms with van der Waals surface area (Å²) in [7, 11) is 3.97. The van der Waals surface area contributed by atoms with E-state index in [0.717, 1.165) is 48.6 Å². The fourth-order valence-corrected chi connectivity index (χ4v) is 6.96. The van der Waals surface area contributed by atoms with Gasteiger partial charge in [-0.1, -0.05) is 19.9 Å². The average Bonchev–Trinajstić information content (AvgIpc) is 3.29. The number of methoxy groups -OCH3 is 1. The fraction of sp³-hybridized carbons (Fsp3) is 0.577. The molecule has 1 saturated heterocycles. The quantitative estimate of drug-likeness (QED) is 0.736. The van der Waals surface area contributed by atoms with Gasteiger partial charge in [0.15, 0.2) is 11.5 Å². The van der Waals surface area contributed by atoms with Gasteiger partial charge in [-0.05, 0) is 74.4 Å². The second kappa shape index (κ2) is 6.77. The van der Waals surface area contributed by atoms with Gasteiger partial charge in [0.2, 0.25) is 0 Å². The number of aromatic nitrogens is 1. The number of carbonyl (C=O) groups excluding carboxylic acids is 1.